The number of nitrogens with two attached hydrogens (primary N) is 1. The Bertz CT molecular complexity index is 962. The van der Waals surface area contributed by atoms with Gasteiger partial charge in [-0.3, -0.25) is 9.89 Å². The zero-order valence-electron chi connectivity index (χ0n) is 14.5. The summed E-state index contributed by atoms with van der Waals surface area (Å²) in [6.07, 6.45) is 3.57. The van der Waals surface area contributed by atoms with Crippen LogP contribution >= 0.6 is 11.9 Å². The Morgan fingerprint density at radius 2 is 2.20 bits per heavy atom. The van der Waals surface area contributed by atoms with Gasteiger partial charge in [-0.25, -0.2) is 4.09 Å². The predicted octanol–water partition coefficient (Wildman–Crippen LogP) is 3.40. The molecule has 2 aromatic heterocycles. The molecule has 1 fully saturated rings. The van der Waals surface area contributed by atoms with Crippen molar-refractivity contribution in [3.8, 4) is 5.75 Å². The van der Waals surface area contributed by atoms with Crippen molar-refractivity contribution in [2.45, 2.75) is 38.7 Å². The summed E-state index contributed by atoms with van der Waals surface area (Å²) in [4.78, 5) is 12.0. The second-order valence-electron chi connectivity index (χ2n) is 6.59. The van der Waals surface area contributed by atoms with E-state index in [2.05, 4.69) is 5.10 Å². The summed E-state index contributed by atoms with van der Waals surface area (Å²) in [5.41, 5.74) is 9.01. The van der Waals surface area contributed by atoms with Crippen molar-refractivity contribution >= 4 is 28.8 Å². The molecule has 2 heterocycles. The molecule has 0 unspecified atom stereocenters. The Hall–Kier alpha value is -2.28. The van der Waals surface area contributed by atoms with Gasteiger partial charge in [-0.2, -0.15) is 0 Å². The standard InChI is InChI=1S/C18H21N3O3S/c1-10-14(21(20-10)25-3)9-23-12-4-5-15-13(8-12)16(11(2)24-15)18(6-7-18)17(19)22/h4-5,8,20H,6-7,9H2,1-3H3,(H2,19,22). The van der Waals surface area contributed by atoms with Crippen LogP contribution in [0.1, 0.15) is 35.6 Å². The van der Waals surface area contributed by atoms with Crippen LogP contribution in [0.5, 0.6) is 5.75 Å². The first-order valence-electron chi connectivity index (χ1n) is 8.23. The Morgan fingerprint density at radius 1 is 1.44 bits per heavy atom. The van der Waals surface area contributed by atoms with Crippen LogP contribution in [0.15, 0.2) is 22.6 Å². The third-order valence-corrected chi connectivity index (χ3v) is 5.72. The lowest BCUT2D eigenvalue weighted by Crippen LogP contribution is -2.28. The lowest BCUT2D eigenvalue weighted by Gasteiger charge is -2.19. The Labute approximate surface area is 149 Å². The van der Waals surface area contributed by atoms with Crippen molar-refractivity contribution in [2.75, 3.05) is 6.26 Å². The van der Waals surface area contributed by atoms with E-state index in [1.807, 2.05) is 42.4 Å². The van der Waals surface area contributed by atoms with Gasteiger partial charge in [-0.1, -0.05) is 0 Å². The van der Waals surface area contributed by atoms with Crippen LogP contribution in [0.4, 0.5) is 0 Å². The highest BCUT2D eigenvalue weighted by Crippen LogP contribution is 2.52. The smallest absolute Gasteiger partial charge is 0.228 e. The van der Waals surface area contributed by atoms with Gasteiger partial charge in [0, 0.05) is 17.2 Å². The molecule has 6 nitrogen and oxygen atoms in total. The number of aromatic nitrogens is 2. The van der Waals surface area contributed by atoms with Crippen LogP contribution in [0, 0.1) is 13.8 Å². The van der Waals surface area contributed by atoms with Gasteiger partial charge in [0.05, 0.1) is 11.1 Å². The Morgan fingerprint density at radius 3 is 2.80 bits per heavy atom. The number of aromatic amines is 1. The molecule has 0 bridgehead atoms. The third-order valence-electron chi connectivity index (χ3n) is 5.04. The molecule has 0 saturated heterocycles. The number of fused-ring (bicyclic) bond motifs is 1. The van der Waals surface area contributed by atoms with Crippen LogP contribution in [0.25, 0.3) is 11.0 Å². The van der Waals surface area contributed by atoms with Gasteiger partial charge in [-0.05, 0) is 56.8 Å². The summed E-state index contributed by atoms with van der Waals surface area (Å²) in [7, 11) is 0. The van der Waals surface area contributed by atoms with Crippen LogP contribution in [0.3, 0.4) is 0 Å². The molecule has 1 aliphatic rings. The van der Waals surface area contributed by atoms with Gasteiger partial charge in [0.25, 0.3) is 0 Å². The molecule has 1 aromatic carbocycles. The first-order chi connectivity index (χ1) is 12.0. The van der Waals surface area contributed by atoms with Gasteiger partial charge in [0.15, 0.2) is 0 Å². The number of ether oxygens (including phenoxy) is 1. The number of primary amides is 1. The second-order valence-corrected chi connectivity index (χ2v) is 7.32. The fourth-order valence-electron chi connectivity index (χ4n) is 3.49. The third kappa shape index (κ3) is 2.45. The fourth-order valence-corrected chi connectivity index (χ4v) is 4.12. The van der Waals surface area contributed by atoms with E-state index in [-0.39, 0.29) is 5.91 Å². The molecule has 0 atom stereocenters. The minimum Gasteiger partial charge on any atom is -0.487 e. The van der Waals surface area contributed by atoms with E-state index in [1.165, 1.54) is 0 Å². The molecule has 132 valence electrons. The SMILES string of the molecule is CSn1[nH]c(C)c1COc1ccc2oc(C)c(C3(C(N)=O)CC3)c2c1. The summed E-state index contributed by atoms with van der Waals surface area (Å²) in [5.74, 6) is 1.24. The Balaban J connectivity index is 1.66. The zero-order valence-corrected chi connectivity index (χ0v) is 15.3. The van der Waals surface area contributed by atoms with E-state index in [0.717, 1.165) is 52.3 Å². The highest BCUT2D eigenvalue weighted by Gasteiger charge is 2.52. The maximum Gasteiger partial charge on any atom is 0.228 e. The molecular weight excluding hydrogens is 338 g/mol. The van der Waals surface area contributed by atoms with Crippen molar-refractivity contribution in [1.29, 1.82) is 0 Å². The van der Waals surface area contributed by atoms with E-state index >= 15 is 0 Å². The van der Waals surface area contributed by atoms with Crippen molar-refractivity contribution in [3.05, 3.63) is 40.9 Å². The minimum absolute atomic E-state index is 0.276. The predicted molar refractivity (Wildman–Crippen MR) is 97.8 cm³/mol. The highest BCUT2D eigenvalue weighted by atomic mass is 32.2. The molecule has 3 N–H and O–H groups in total. The number of rotatable bonds is 6. The molecule has 25 heavy (non-hydrogen) atoms. The number of hydrogen-bond acceptors (Lipinski definition) is 4. The van der Waals surface area contributed by atoms with Crippen LogP contribution < -0.4 is 10.5 Å². The summed E-state index contributed by atoms with van der Waals surface area (Å²) in [5, 5.41) is 4.11. The van der Waals surface area contributed by atoms with Gasteiger partial charge >= 0.3 is 0 Å². The number of amides is 1. The quantitative estimate of drug-likeness (QED) is 0.706. The fraction of sp³-hybridized carbons (Fsp3) is 0.389. The number of benzene rings is 1. The average molecular weight is 359 g/mol. The van der Waals surface area contributed by atoms with E-state index < -0.39 is 5.41 Å². The number of H-pyrrole nitrogens is 1. The average Bonchev–Trinajstić information content (AvgIpc) is 3.30. The largest absolute Gasteiger partial charge is 0.487 e. The molecule has 4 rings (SSSR count). The Kier molecular flexibility index (Phi) is 3.64. The van der Waals surface area contributed by atoms with Gasteiger partial charge in [-0.15, -0.1) is 0 Å². The normalized spacial score (nSPS) is 15.6. The van der Waals surface area contributed by atoms with E-state index in [0.29, 0.717) is 6.61 Å². The molecule has 0 aliphatic heterocycles. The number of nitrogens with one attached hydrogen (secondary N) is 1. The van der Waals surface area contributed by atoms with Gasteiger partial charge in [0.1, 0.15) is 29.4 Å². The lowest BCUT2D eigenvalue weighted by atomic mass is 9.92. The van der Waals surface area contributed by atoms with E-state index in [4.69, 9.17) is 14.9 Å². The first-order valence-corrected chi connectivity index (χ1v) is 9.41. The van der Waals surface area contributed by atoms with Crippen LogP contribution in [0.2, 0.25) is 0 Å². The summed E-state index contributed by atoms with van der Waals surface area (Å²) in [6, 6.07) is 5.74. The van der Waals surface area contributed by atoms with Crippen LogP contribution in [-0.4, -0.2) is 21.3 Å². The molecule has 3 aromatic rings. The summed E-state index contributed by atoms with van der Waals surface area (Å²) in [6.45, 7) is 4.40. The molecule has 1 amide bonds. The number of carbonyl (C=O) groups excluding carboxylic acids is 1. The number of furan rings is 1. The van der Waals surface area contributed by atoms with Crippen molar-refractivity contribution in [1.82, 2.24) is 9.19 Å². The summed E-state index contributed by atoms with van der Waals surface area (Å²) >= 11 is 1.60. The molecule has 1 aliphatic carbocycles. The number of nitrogens with zero attached hydrogens (tertiary/aromatic N) is 1. The zero-order chi connectivity index (χ0) is 17.8. The minimum atomic E-state index is -0.569. The molecule has 0 radical (unpaired) electrons. The number of carbonyl (C=O) groups is 1. The molecule has 1 saturated carbocycles. The van der Waals surface area contributed by atoms with E-state index in [9.17, 15) is 4.79 Å². The topological polar surface area (TPSA) is 86.2 Å². The highest BCUT2D eigenvalue weighted by molar-refractivity contribution is 7.97. The van der Waals surface area contributed by atoms with Gasteiger partial charge in [0.2, 0.25) is 5.91 Å². The molecule has 7 heteroatoms. The van der Waals surface area contributed by atoms with Crippen LogP contribution in [-0.2, 0) is 16.8 Å². The monoisotopic (exact) mass is 359 g/mol. The molecular formula is C18H21N3O3S. The maximum absolute atomic E-state index is 12.0. The van der Waals surface area contributed by atoms with Crippen molar-refractivity contribution in [2.24, 2.45) is 5.73 Å². The lowest BCUT2D eigenvalue weighted by molar-refractivity contribution is -0.120. The molecule has 0 spiro atoms. The van der Waals surface area contributed by atoms with Crippen molar-refractivity contribution in [3.63, 3.8) is 0 Å². The number of hydrogen-bond donors (Lipinski definition) is 2. The summed E-state index contributed by atoms with van der Waals surface area (Å²) < 4.78 is 13.8. The van der Waals surface area contributed by atoms with Crippen molar-refractivity contribution < 1.29 is 13.9 Å². The van der Waals surface area contributed by atoms with E-state index in [1.54, 1.807) is 11.9 Å². The van der Waals surface area contributed by atoms with Gasteiger partial charge < -0.3 is 14.9 Å². The first kappa shape index (κ1) is 16.2. The number of aryl methyl sites for hydroxylation is 2. The maximum atomic E-state index is 12.0. The second kappa shape index (κ2) is 5.62.